The van der Waals surface area contributed by atoms with Crippen LogP contribution in [0, 0.1) is 10.1 Å². The molecule has 1 aromatic heterocycles. The van der Waals surface area contributed by atoms with Gasteiger partial charge in [0.1, 0.15) is 5.52 Å². The highest BCUT2D eigenvalue weighted by atomic mass is 16.6. The lowest BCUT2D eigenvalue weighted by molar-refractivity contribution is -0.384. The summed E-state index contributed by atoms with van der Waals surface area (Å²) in [7, 11) is 0. The molecule has 0 aliphatic rings. The van der Waals surface area contributed by atoms with Gasteiger partial charge in [-0.05, 0) is 18.2 Å². The first kappa shape index (κ1) is 12.0. The Labute approximate surface area is 112 Å². The minimum absolute atomic E-state index is 0.139. The van der Waals surface area contributed by atoms with Crippen LogP contribution in [0.2, 0.25) is 0 Å². The lowest BCUT2D eigenvalue weighted by atomic mass is 10.1. The van der Waals surface area contributed by atoms with E-state index in [1.165, 1.54) is 22.9 Å². The van der Waals surface area contributed by atoms with Gasteiger partial charge in [0, 0.05) is 17.7 Å². The van der Waals surface area contributed by atoms with Crippen LogP contribution in [0.15, 0.2) is 42.5 Å². The fourth-order valence-corrected chi connectivity index (χ4v) is 1.99. The number of para-hydroxylation sites is 1. The molecular weight excluding hydrogens is 260 g/mol. The van der Waals surface area contributed by atoms with Gasteiger partial charge in [-0.1, -0.05) is 17.3 Å². The highest BCUT2D eigenvalue weighted by Crippen LogP contribution is 2.22. The summed E-state index contributed by atoms with van der Waals surface area (Å²) in [6.45, 7) is 0. The number of hydrogen-bond acceptors (Lipinski definition) is 5. The Morgan fingerprint density at radius 2 is 2.00 bits per heavy atom. The number of nitro benzene ring substituents is 1. The van der Waals surface area contributed by atoms with Gasteiger partial charge in [0.2, 0.25) is 0 Å². The van der Waals surface area contributed by atoms with E-state index >= 15 is 0 Å². The molecule has 2 aromatic carbocycles. The summed E-state index contributed by atoms with van der Waals surface area (Å²) < 4.78 is 1.49. The van der Waals surface area contributed by atoms with Crippen molar-refractivity contribution in [2.24, 2.45) is 0 Å². The molecule has 0 atom stereocenters. The molecule has 7 heteroatoms. The third-order valence-electron chi connectivity index (χ3n) is 2.93. The summed E-state index contributed by atoms with van der Waals surface area (Å²) in [5.41, 5.74) is 1.92. The van der Waals surface area contributed by atoms with Crippen LogP contribution < -0.4 is 0 Å². The Bertz CT molecular complexity index is 825. The van der Waals surface area contributed by atoms with E-state index in [0.717, 1.165) is 5.52 Å². The van der Waals surface area contributed by atoms with Crippen molar-refractivity contribution in [2.45, 2.75) is 0 Å². The second-order valence-electron chi connectivity index (χ2n) is 4.11. The van der Waals surface area contributed by atoms with E-state index in [2.05, 4.69) is 10.3 Å². The van der Waals surface area contributed by atoms with Crippen molar-refractivity contribution in [1.82, 2.24) is 15.0 Å². The predicted octanol–water partition coefficient (Wildman–Crippen LogP) is 2.14. The van der Waals surface area contributed by atoms with E-state index < -0.39 is 4.92 Å². The maximum absolute atomic E-state index is 11.1. The Morgan fingerprint density at radius 1 is 1.20 bits per heavy atom. The number of non-ortho nitro benzene ring substituents is 1. The topological polar surface area (TPSA) is 90.9 Å². The number of carbonyl (C=O) groups excluding carboxylic acids is 1. The average molecular weight is 268 g/mol. The number of hydrogen-bond donors (Lipinski definition) is 0. The number of carbonyl (C=O) groups is 1. The minimum Gasteiger partial charge on any atom is -0.298 e. The first-order chi connectivity index (χ1) is 9.70. The highest BCUT2D eigenvalue weighted by molar-refractivity contribution is 5.85. The lowest BCUT2D eigenvalue weighted by Crippen LogP contribution is -2.02. The molecule has 0 saturated carbocycles. The molecule has 7 nitrogen and oxygen atoms in total. The number of rotatable bonds is 3. The van der Waals surface area contributed by atoms with Crippen LogP contribution in [0.3, 0.4) is 0 Å². The zero-order chi connectivity index (χ0) is 14.1. The number of aromatic nitrogens is 3. The van der Waals surface area contributed by atoms with E-state index in [9.17, 15) is 14.9 Å². The molecule has 0 spiro atoms. The molecule has 0 saturated heterocycles. The van der Waals surface area contributed by atoms with Gasteiger partial charge in [-0.2, -0.15) is 0 Å². The summed E-state index contributed by atoms with van der Waals surface area (Å²) in [6.07, 6.45) is 0.568. The van der Waals surface area contributed by atoms with Gasteiger partial charge in [-0.25, -0.2) is 4.68 Å². The van der Waals surface area contributed by atoms with E-state index in [1.807, 2.05) is 18.2 Å². The molecular formula is C13H8N4O3. The number of nitrogens with zero attached hydrogens (tertiary/aromatic N) is 4. The van der Waals surface area contributed by atoms with Gasteiger partial charge in [0.05, 0.1) is 16.1 Å². The molecule has 0 radical (unpaired) electrons. The first-order valence-corrected chi connectivity index (χ1v) is 5.75. The van der Waals surface area contributed by atoms with Gasteiger partial charge in [0.15, 0.2) is 6.29 Å². The number of benzene rings is 2. The molecule has 1 heterocycles. The third kappa shape index (κ3) is 1.81. The number of fused-ring (bicyclic) bond motifs is 1. The maximum atomic E-state index is 11.1. The molecule has 3 rings (SSSR count). The quantitative estimate of drug-likeness (QED) is 0.412. The average Bonchev–Trinajstić information content (AvgIpc) is 2.90. The van der Waals surface area contributed by atoms with Crippen LogP contribution in [0.1, 0.15) is 10.4 Å². The first-order valence-electron chi connectivity index (χ1n) is 5.75. The molecule has 0 bridgehead atoms. The van der Waals surface area contributed by atoms with Gasteiger partial charge >= 0.3 is 0 Å². The van der Waals surface area contributed by atoms with Crippen molar-refractivity contribution in [2.75, 3.05) is 0 Å². The zero-order valence-electron chi connectivity index (χ0n) is 10.1. The Hall–Kier alpha value is -3.09. The fourth-order valence-electron chi connectivity index (χ4n) is 1.99. The molecule has 3 aromatic rings. The Balaban J connectivity index is 2.24. The van der Waals surface area contributed by atoms with Crippen molar-refractivity contribution in [1.29, 1.82) is 0 Å². The van der Waals surface area contributed by atoms with Crippen LogP contribution in [-0.4, -0.2) is 26.2 Å². The summed E-state index contributed by atoms with van der Waals surface area (Å²) >= 11 is 0. The molecule has 0 unspecified atom stereocenters. The normalized spacial score (nSPS) is 10.6. The van der Waals surface area contributed by atoms with Crippen molar-refractivity contribution in [3.8, 4) is 5.69 Å². The summed E-state index contributed by atoms with van der Waals surface area (Å²) in [4.78, 5) is 21.3. The molecule has 0 aliphatic carbocycles. The van der Waals surface area contributed by atoms with Crippen molar-refractivity contribution in [3.05, 3.63) is 58.1 Å². The number of aldehydes is 1. The number of nitro groups is 1. The van der Waals surface area contributed by atoms with Gasteiger partial charge in [-0.3, -0.25) is 14.9 Å². The van der Waals surface area contributed by atoms with Crippen molar-refractivity contribution < 1.29 is 9.72 Å². The predicted molar refractivity (Wildman–Crippen MR) is 70.9 cm³/mol. The smallest absolute Gasteiger partial charge is 0.270 e. The van der Waals surface area contributed by atoms with Crippen molar-refractivity contribution >= 4 is 23.0 Å². The summed E-state index contributed by atoms with van der Waals surface area (Å²) in [6, 6.07) is 11.3. The van der Waals surface area contributed by atoms with E-state index in [1.54, 1.807) is 6.07 Å². The van der Waals surface area contributed by atoms with E-state index in [4.69, 9.17) is 0 Å². The van der Waals surface area contributed by atoms with Gasteiger partial charge in [-0.15, -0.1) is 5.10 Å². The second kappa shape index (κ2) is 4.54. The summed E-state index contributed by atoms with van der Waals surface area (Å²) in [5, 5.41) is 18.7. The molecule has 0 amide bonds. The van der Waals surface area contributed by atoms with Crippen LogP contribution in [0.25, 0.3) is 16.7 Å². The second-order valence-corrected chi connectivity index (χ2v) is 4.11. The van der Waals surface area contributed by atoms with Crippen LogP contribution in [0.4, 0.5) is 5.69 Å². The third-order valence-corrected chi connectivity index (χ3v) is 2.93. The molecule has 0 aliphatic heterocycles. The van der Waals surface area contributed by atoms with Gasteiger partial charge < -0.3 is 0 Å². The van der Waals surface area contributed by atoms with E-state index in [-0.39, 0.29) is 11.3 Å². The standard InChI is InChI=1S/C13H8N4O3/c18-8-9-7-10(17(19)20)5-6-12(9)16-13-4-2-1-3-11(13)14-15-16/h1-8H. The highest BCUT2D eigenvalue weighted by Gasteiger charge is 2.14. The Morgan fingerprint density at radius 3 is 2.75 bits per heavy atom. The van der Waals surface area contributed by atoms with Crippen LogP contribution in [-0.2, 0) is 0 Å². The lowest BCUT2D eigenvalue weighted by Gasteiger charge is -2.05. The Kier molecular flexibility index (Phi) is 2.72. The largest absolute Gasteiger partial charge is 0.298 e. The maximum Gasteiger partial charge on any atom is 0.270 e. The van der Waals surface area contributed by atoms with Crippen molar-refractivity contribution in [3.63, 3.8) is 0 Å². The molecule has 98 valence electrons. The van der Waals surface area contributed by atoms with E-state index in [0.29, 0.717) is 17.5 Å². The fraction of sp³-hybridized carbons (Fsp3) is 0. The zero-order valence-corrected chi connectivity index (χ0v) is 10.1. The summed E-state index contributed by atoms with van der Waals surface area (Å²) in [5.74, 6) is 0. The monoisotopic (exact) mass is 268 g/mol. The van der Waals surface area contributed by atoms with Gasteiger partial charge in [0.25, 0.3) is 5.69 Å². The SMILES string of the molecule is O=Cc1cc([N+](=O)[O-])ccc1-n1nnc2ccccc21. The molecule has 0 N–H and O–H groups in total. The van der Waals surface area contributed by atoms with Crippen LogP contribution >= 0.6 is 0 Å². The minimum atomic E-state index is -0.545. The molecule has 0 fully saturated rings. The molecule has 20 heavy (non-hydrogen) atoms. The van der Waals surface area contributed by atoms with Crippen LogP contribution in [0.5, 0.6) is 0 Å².